The highest BCUT2D eigenvalue weighted by molar-refractivity contribution is 5.88. The molecule has 1 aromatic rings. The third-order valence-electron chi connectivity index (χ3n) is 2.19. The minimum atomic E-state index is -0.569. The number of nitrogens with zero attached hydrogens (tertiary/aromatic N) is 1. The lowest BCUT2D eigenvalue weighted by Gasteiger charge is -2.03. The van der Waals surface area contributed by atoms with Crippen LogP contribution in [-0.4, -0.2) is 34.3 Å². The molecule has 1 rings (SSSR count). The number of hydrogen-bond acceptors (Lipinski definition) is 4. The number of carbonyl (C=O) groups is 1. The number of nitrogens with one attached hydrogen (secondary N) is 1. The average molecular weight is 214 g/mol. The first-order valence-electron chi connectivity index (χ1n) is 4.58. The van der Waals surface area contributed by atoms with Crippen LogP contribution in [0.2, 0.25) is 0 Å². The quantitative estimate of drug-likeness (QED) is 0.657. The number of aromatic amines is 1. The van der Waals surface area contributed by atoms with Gasteiger partial charge in [0.2, 0.25) is 0 Å². The number of methoxy groups -OCH3 is 1. The minimum absolute atomic E-state index is 0.0139. The van der Waals surface area contributed by atoms with E-state index in [1.807, 2.05) is 0 Å². The van der Waals surface area contributed by atoms with Crippen LogP contribution in [0.25, 0.3) is 0 Å². The number of ether oxygens (including phenoxy) is 1. The van der Waals surface area contributed by atoms with Crippen molar-refractivity contribution >= 4 is 5.97 Å². The number of hydrogen-bond donors (Lipinski definition) is 2. The predicted octanol–water partition coefficient (Wildman–Crippen LogP) is -0.575. The average Bonchev–Trinajstić information content (AvgIpc) is 2.52. The second-order valence-corrected chi connectivity index (χ2v) is 3.13. The smallest absolute Gasteiger partial charge is 0.356 e. The summed E-state index contributed by atoms with van der Waals surface area (Å²) in [5.74, 6) is -0.569. The van der Waals surface area contributed by atoms with Crippen molar-refractivity contribution in [2.75, 3.05) is 13.7 Å². The number of aromatic nitrogens is 2. The number of carbonyl (C=O) groups excluding carboxylic acids is 1. The Morgan fingerprint density at radius 1 is 1.60 bits per heavy atom. The summed E-state index contributed by atoms with van der Waals surface area (Å²) in [6.45, 7) is 0.0139. The zero-order chi connectivity index (χ0) is 11.4. The van der Waals surface area contributed by atoms with Crippen molar-refractivity contribution in [3.63, 3.8) is 0 Å². The molecule has 84 valence electrons. The summed E-state index contributed by atoms with van der Waals surface area (Å²) in [5.41, 5.74) is 0.364. The molecule has 2 N–H and O–H groups in total. The molecule has 0 unspecified atom stereocenters. The van der Waals surface area contributed by atoms with Crippen LogP contribution in [0.5, 0.6) is 0 Å². The minimum Gasteiger partial charge on any atom is -0.464 e. The molecule has 1 heterocycles. The lowest BCUT2D eigenvalue weighted by Crippen LogP contribution is -2.14. The van der Waals surface area contributed by atoms with Crippen molar-refractivity contribution in [3.05, 3.63) is 21.9 Å². The highest BCUT2D eigenvalue weighted by Crippen LogP contribution is 2.07. The third-order valence-corrected chi connectivity index (χ3v) is 2.19. The van der Waals surface area contributed by atoms with E-state index < -0.39 is 5.97 Å². The first kappa shape index (κ1) is 11.5. The van der Waals surface area contributed by atoms with Gasteiger partial charge >= 0.3 is 11.7 Å². The Labute approximate surface area is 86.5 Å². The van der Waals surface area contributed by atoms with Gasteiger partial charge in [0.25, 0.3) is 0 Å². The van der Waals surface area contributed by atoms with Gasteiger partial charge in [-0.15, -0.1) is 0 Å². The van der Waals surface area contributed by atoms with Gasteiger partial charge in [0.15, 0.2) is 0 Å². The molecule has 0 spiro atoms. The van der Waals surface area contributed by atoms with E-state index in [1.54, 1.807) is 7.05 Å². The van der Waals surface area contributed by atoms with E-state index in [4.69, 9.17) is 5.11 Å². The number of esters is 1. The maximum Gasteiger partial charge on any atom is 0.356 e. The fourth-order valence-electron chi connectivity index (χ4n) is 1.36. The Bertz CT molecular complexity index is 405. The second kappa shape index (κ2) is 4.79. The molecule has 0 aliphatic carbocycles. The Hall–Kier alpha value is -1.56. The number of imidazole rings is 1. The second-order valence-electron chi connectivity index (χ2n) is 3.13. The molecule has 6 nitrogen and oxygen atoms in total. The summed E-state index contributed by atoms with van der Waals surface area (Å²) >= 11 is 0. The third kappa shape index (κ3) is 2.27. The van der Waals surface area contributed by atoms with Crippen molar-refractivity contribution < 1.29 is 14.6 Å². The molecule has 0 amide bonds. The van der Waals surface area contributed by atoms with Crippen molar-refractivity contribution in [1.82, 2.24) is 9.55 Å². The molecular formula is C9H14N2O4. The van der Waals surface area contributed by atoms with Crippen molar-refractivity contribution in [1.29, 1.82) is 0 Å². The molecule has 6 heteroatoms. The first-order chi connectivity index (χ1) is 7.11. The van der Waals surface area contributed by atoms with Crippen LogP contribution in [0.4, 0.5) is 0 Å². The highest BCUT2D eigenvalue weighted by Gasteiger charge is 2.17. The Morgan fingerprint density at radius 3 is 2.80 bits per heavy atom. The fraction of sp³-hybridized carbons (Fsp3) is 0.556. The molecule has 0 fully saturated rings. The summed E-state index contributed by atoms with van der Waals surface area (Å²) in [4.78, 5) is 25.0. The number of aliphatic hydroxyl groups is 1. The van der Waals surface area contributed by atoms with Gasteiger partial charge in [0, 0.05) is 13.7 Å². The molecule has 0 bridgehead atoms. The fourth-order valence-corrected chi connectivity index (χ4v) is 1.36. The van der Waals surface area contributed by atoms with Crippen LogP contribution in [0, 0.1) is 0 Å². The predicted molar refractivity (Wildman–Crippen MR) is 52.8 cm³/mol. The van der Waals surface area contributed by atoms with Crippen LogP contribution in [-0.2, 0) is 18.2 Å². The normalized spacial score (nSPS) is 10.3. The molecule has 1 aromatic heterocycles. The first-order valence-corrected chi connectivity index (χ1v) is 4.58. The largest absolute Gasteiger partial charge is 0.464 e. The van der Waals surface area contributed by atoms with Crippen LogP contribution in [0.3, 0.4) is 0 Å². The van der Waals surface area contributed by atoms with E-state index in [1.165, 1.54) is 11.7 Å². The zero-order valence-electron chi connectivity index (χ0n) is 8.74. The lowest BCUT2D eigenvalue weighted by atomic mass is 10.2. The Morgan fingerprint density at radius 2 is 2.27 bits per heavy atom. The van der Waals surface area contributed by atoms with E-state index in [0.29, 0.717) is 18.5 Å². The summed E-state index contributed by atoms with van der Waals surface area (Å²) in [5, 5.41) is 8.70. The van der Waals surface area contributed by atoms with Crippen LogP contribution in [0.1, 0.15) is 22.6 Å². The molecular weight excluding hydrogens is 200 g/mol. The molecule has 0 radical (unpaired) electrons. The summed E-state index contributed by atoms with van der Waals surface area (Å²) in [7, 11) is 2.82. The van der Waals surface area contributed by atoms with Crippen LogP contribution < -0.4 is 5.69 Å². The van der Waals surface area contributed by atoms with Gasteiger partial charge in [-0.1, -0.05) is 0 Å². The van der Waals surface area contributed by atoms with Gasteiger partial charge in [-0.05, 0) is 12.8 Å². The van der Waals surface area contributed by atoms with Gasteiger partial charge in [-0.2, -0.15) is 0 Å². The van der Waals surface area contributed by atoms with E-state index in [9.17, 15) is 9.59 Å². The summed E-state index contributed by atoms with van der Waals surface area (Å²) < 4.78 is 5.89. The Kier molecular flexibility index (Phi) is 3.68. The van der Waals surface area contributed by atoms with Gasteiger partial charge in [0.1, 0.15) is 5.69 Å². The van der Waals surface area contributed by atoms with Gasteiger partial charge in [-0.25, -0.2) is 9.59 Å². The number of H-pyrrole nitrogens is 1. The SMILES string of the molecule is COC(=O)c1[nH]c(=O)n(C)c1CCCO. The lowest BCUT2D eigenvalue weighted by molar-refractivity contribution is 0.0592. The van der Waals surface area contributed by atoms with Crippen LogP contribution in [0.15, 0.2) is 4.79 Å². The molecule has 0 aliphatic heterocycles. The monoisotopic (exact) mass is 214 g/mol. The van der Waals surface area contributed by atoms with E-state index in [-0.39, 0.29) is 18.0 Å². The van der Waals surface area contributed by atoms with E-state index >= 15 is 0 Å². The van der Waals surface area contributed by atoms with E-state index in [0.717, 1.165) is 0 Å². The molecule has 0 saturated heterocycles. The Balaban J connectivity index is 3.09. The molecule has 0 aromatic carbocycles. The zero-order valence-corrected chi connectivity index (χ0v) is 8.74. The van der Waals surface area contributed by atoms with Gasteiger partial charge in [-0.3, -0.25) is 9.55 Å². The highest BCUT2D eigenvalue weighted by atomic mass is 16.5. The summed E-state index contributed by atoms with van der Waals surface area (Å²) in [6, 6.07) is 0. The summed E-state index contributed by atoms with van der Waals surface area (Å²) in [6.07, 6.45) is 0.950. The molecule has 0 aliphatic rings. The van der Waals surface area contributed by atoms with Crippen molar-refractivity contribution in [2.24, 2.45) is 7.05 Å². The van der Waals surface area contributed by atoms with Crippen molar-refractivity contribution in [2.45, 2.75) is 12.8 Å². The number of rotatable bonds is 4. The maximum absolute atomic E-state index is 11.3. The van der Waals surface area contributed by atoms with E-state index in [2.05, 4.69) is 9.72 Å². The standard InChI is InChI=1S/C9H14N2O4/c1-11-6(4-3-5-12)7(8(13)15-2)10-9(11)14/h12H,3-5H2,1-2H3,(H,10,14). The maximum atomic E-state index is 11.3. The number of aliphatic hydroxyl groups excluding tert-OH is 1. The topological polar surface area (TPSA) is 84.3 Å². The molecule has 0 saturated carbocycles. The van der Waals surface area contributed by atoms with Gasteiger partial charge < -0.3 is 9.84 Å². The molecule has 0 atom stereocenters. The van der Waals surface area contributed by atoms with Crippen LogP contribution >= 0.6 is 0 Å². The molecule has 15 heavy (non-hydrogen) atoms. The van der Waals surface area contributed by atoms with Crippen molar-refractivity contribution in [3.8, 4) is 0 Å². The van der Waals surface area contributed by atoms with Gasteiger partial charge in [0.05, 0.1) is 12.8 Å².